The number of ether oxygens (including phenoxy) is 1. The fourth-order valence-electron chi connectivity index (χ4n) is 1.05. The van der Waals surface area contributed by atoms with Crippen LogP contribution in [0.2, 0.25) is 0 Å². The maximum Gasteiger partial charge on any atom is 0.125 e. The van der Waals surface area contributed by atoms with Crippen LogP contribution in [0, 0.1) is 5.82 Å². The molecule has 2 nitrogen and oxygen atoms in total. The fourth-order valence-corrected chi connectivity index (χ4v) is 1.05. The highest BCUT2D eigenvalue weighted by Gasteiger charge is 1.93. The molecule has 0 aliphatic heterocycles. The van der Waals surface area contributed by atoms with Crippen LogP contribution >= 0.6 is 0 Å². The zero-order valence-corrected chi connectivity index (χ0v) is 7.72. The number of rotatable bonds is 5. The Balaban J connectivity index is 2.28. The molecule has 1 aromatic rings. The molecule has 1 N–H and O–H groups in total. The largest absolute Gasteiger partial charge is 0.385 e. The van der Waals surface area contributed by atoms with Crippen molar-refractivity contribution in [1.82, 2.24) is 0 Å². The molecule has 1 rings (SSSR count). The Morgan fingerprint density at radius 1 is 1.46 bits per heavy atom. The second-order valence-electron chi connectivity index (χ2n) is 2.78. The summed E-state index contributed by atoms with van der Waals surface area (Å²) in [5, 5.41) is 3.10. The number of hydrogen-bond donors (Lipinski definition) is 1. The lowest BCUT2D eigenvalue weighted by Gasteiger charge is -2.05. The summed E-state index contributed by atoms with van der Waals surface area (Å²) in [5.41, 5.74) is 0.816. The van der Waals surface area contributed by atoms with E-state index in [1.807, 2.05) is 6.07 Å². The molecule has 0 aromatic heterocycles. The molecule has 0 radical (unpaired) electrons. The van der Waals surface area contributed by atoms with Gasteiger partial charge in [0.25, 0.3) is 0 Å². The highest BCUT2D eigenvalue weighted by molar-refractivity contribution is 5.42. The van der Waals surface area contributed by atoms with Crippen LogP contribution in [-0.2, 0) is 4.74 Å². The first-order chi connectivity index (χ1) is 6.33. The Kier molecular flexibility index (Phi) is 4.26. The molecule has 0 atom stereocenters. The number of nitrogens with one attached hydrogen (secondary N) is 1. The third kappa shape index (κ3) is 3.90. The Labute approximate surface area is 77.7 Å². The molecule has 0 bridgehead atoms. The monoisotopic (exact) mass is 183 g/mol. The molecule has 0 spiro atoms. The third-order valence-corrected chi connectivity index (χ3v) is 1.68. The number of methoxy groups -OCH3 is 1. The van der Waals surface area contributed by atoms with E-state index in [1.54, 1.807) is 13.2 Å². The minimum absolute atomic E-state index is 0.211. The van der Waals surface area contributed by atoms with Gasteiger partial charge >= 0.3 is 0 Å². The smallest absolute Gasteiger partial charge is 0.125 e. The molecule has 0 heterocycles. The van der Waals surface area contributed by atoms with Gasteiger partial charge in [-0.05, 0) is 24.6 Å². The van der Waals surface area contributed by atoms with Gasteiger partial charge in [0.1, 0.15) is 5.82 Å². The van der Waals surface area contributed by atoms with E-state index in [-0.39, 0.29) is 5.82 Å². The van der Waals surface area contributed by atoms with Crippen LogP contribution in [0.5, 0.6) is 0 Å². The lowest BCUT2D eigenvalue weighted by atomic mass is 10.3. The molecule has 72 valence electrons. The van der Waals surface area contributed by atoms with E-state index < -0.39 is 0 Å². The minimum Gasteiger partial charge on any atom is -0.385 e. The molecule has 13 heavy (non-hydrogen) atoms. The van der Waals surface area contributed by atoms with Crippen LogP contribution in [0.1, 0.15) is 6.42 Å². The summed E-state index contributed by atoms with van der Waals surface area (Å²) in [7, 11) is 1.67. The Morgan fingerprint density at radius 3 is 3.00 bits per heavy atom. The summed E-state index contributed by atoms with van der Waals surface area (Å²) in [6.07, 6.45) is 0.924. The van der Waals surface area contributed by atoms with Gasteiger partial charge in [0.2, 0.25) is 0 Å². The van der Waals surface area contributed by atoms with E-state index in [1.165, 1.54) is 12.1 Å². The van der Waals surface area contributed by atoms with Crippen molar-refractivity contribution in [2.24, 2.45) is 0 Å². The first-order valence-corrected chi connectivity index (χ1v) is 4.31. The molecule has 0 fully saturated rings. The molecular formula is C10H14FNO. The van der Waals surface area contributed by atoms with Crippen LogP contribution in [0.3, 0.4) is 0 Å². The summed E-state index contributed by atoms with van der Waals surface area (Å²) in [4.78, 5) is 0. The van der Waals surface area contributed by atoms with E-state index in [9.17, 15) is 4.39 Å². The van der Waals surface area contributed by atoms with Crippen molar-refractivity contribution >= 4 is 5.69 Å². The van der Waals surface area contributed by atoms with E-state index in [2.05, 4.69) is 5.32 Å². The predicted octanol–water partition coefficient (Wildman–Crippen LogP) is 2.27. The van der Waals surface area contributed by atoms with Crippen LogP contribution in [-0.4, -0.2) is 20.3 Å². The minimum atomic E-state index is -0.211. The molecule has 0 saturated heterocycles. The van der Waals surface area contributed by atoms with Crippen molar-refractivity contribution in [1.29, 1.82) is 0 Å². The van der Waals surface area contributed by atoms with Gasteiger partial charge in [-0.3, -0.25) is 0 Å². The molecule has 0 aliphatic rings. The molecule has 0 saturated carbocycles. The first kappa shape index (κ1) is 9.99. The van der Waals surface area contributed by atoms with Crippen molar-refractivity contribution < 1.29 is 9.13 Å². The number of hydrogen-bond acceptors (Lipinski definition) is 2. The highest BCUT2D eigenvalue weighted by Crippen LogP contribution is 2.08. The van der Waals surface area contributed by atoms with Gasteiger partial charge in [-0.2, -0.15) is 0 Å². The lowest BCUT2D eigenvalue weighted by molar-refractivity contribution is 0.198. The van der Waals surface area contributed by atoms with E-state index >= 15 is 0 Å². The lowest BCUT2D eigenvalue weighted by Crippen LogP contribution is -2.04. The van der Waals surface area contributed by atoms with Gasteiger partial charge in [-0.25, -0.2) is 4.39 Å². The zero-order valence-electron chi connectivity index (χ0n) is 7.72. The van der Waals surface area contributed by atoms with E-state index in [0.29, 0.717) is 0 Å². The second kappa shape index (κ2) is 5.54. The van der Waals surface area contributed by atoms with Gasteiger partial charge in [0, 0.05) is 25.9 Å². The van der Waals surface area contributed by atoms with Crippen LogP contribution in [0.15, 0.2) is 24.3 Å². The first-order valence-electron chi connectivity index (χ1n) is 4.31. The summed E-state index contributed by atoms with van der Waals surface area (Å²) in [6, 6.07) is 6.44. The zero-order chi connectivity index (χ0) is 9.52. The topological polar surface area (TPSA) is 21.3 Å². The summed E-state index contributed by atoms with van der Waals surface area (Å²) < 4.78 is 17.6. The average molecular weight is 183 g/mol. The van der Waals surface area contributed by atoms with Crippen LogP contribution < -0.4 is 5.32 Å². The van der Waals surface area contributed by atoms with E-state index in [4.69, 9.17) is 4.74 Å². The standard InChI is InChI=1S/C10H14FNO/c1-13-7-3-6-12-10-5-2-4-9(11)8-10/h2,4-5,8,12H,3,6-7H2,1H3. The quantitative estimate of drug-likeness (QED) is 0.707. The Bertz CT molecular complexity index is 252. The number of anilines is 1. The average Bonchev–Trinajstić information content (AvgIpc) is 2.13. The van der Waals surface area contributed by atoms with E-state index in [0.717, 1.165) is 25.3 Å². The highest BCUT2D eigenvalue weighted by atomic mass is 19.1. The SMILES string of the molecule is COCCCNc1cccc(F)c1. The molecule has 0 aliphatic carbocycles. The maximum atomic E-state index is 12.7. The summed E-state index contributed by atoms with van der Waals surface area (Å²) >= 11 is 0. The Morgan fingerprint density at radius 2 is 2.31 bits per heavy atom. The van der Waals surface area contributed by atoms with Crippen molar-refractivity contribution in [3.05, 3.63) is 30.1 Å². The van der Waals surface area contributed by atoms with Gasteiger partial charge in [0.05, 0.1) is 0 Å². The van der Waals surface area contributed by atoms with Gasteiger partial charge in [-0.1, -0.05) is 6.07 Å². The number of halogens is 1. The maximum absolute atomic E-state index is 12.7. The van der Waals surface area contributed by atoms with Crippen LogP contribution in [0.25, 0.3) is 0 Å². The van der Waals surface area contributed by atoms with Gasteiger partial charge < -0.3 is 10.1 Å². The molecule has 0 unspecified atom stereocenters. The second-order valence-corrected chi connectivity index (χ2v) is 2.78. The van der Waals surface area contributed by atoms with Crippen molar-refractivity contribution in [2.45, 2.75) is 6.42 Å². The van der Waals surface area contributed by atoms with Crippen LogP contribution in [0.4, 0.5) is 10.1 Å². The molecule has 3 heteroatoms. The van der Waals surface area contributed by atoms with Crippen molar-refractivity contribution in [3.63, 3.8) is 0 Å². The van der Waals surface area contributed by atoms with Crippen molar-refractivity contribution in [2.75, 3.05) is 25.6 Å². The predicted molar refractivity (Wildman–Crippen MR) is 51.4 cm³/mol. The normalized spacial score (nSPS) is 10.0. The molecular weight excluding hydrogens is 169 g/mol. The Hall–Kier alpha value is -1.09. The number of benzene rings is 1. The molecule has 1 aromatic carbocycles. The van der Waals surface area contributed by atoms with Gasteiger partial charge in [-0.15, -0.1) is 0 Å². The van der Waals surface area contributed by atoms with Gasteiger partial charge in [0.15, 0.2) is 0 Å². The third-order valence-electron chi connectivity index (χ3n) is 1.68. The summed E-state index contributed by atoms with van der Waals surface area (Å²) in [5.74, 6) is -0.211. The van der Waals surface area contributed by atoms with Crippen molar-refractivity contribution in [3.8, 4) is 0 Å². The molecule has 0 amide bonds. The fraction of sp³-hybridized carbons (Fsp3) is 0.400. The summed E-state index contributed by atoms with van der Waals surface area (Å²) in [6.45, 7) is 1.53.